The number of aromatic nitrogens is 2. The molecule has 4 heteroatoms. The summed E-state index contributed by atoms with van der Waals surface area (Å²) in [4.78, 5) is 19.8. The summed E-state index contributed by atoms with van der Waals surface area (Å²) in [5, 5.41) is 0.595. The molecule has 2 aromatic heterocycles. The van der Waals surface area contributed by atoms with Gasteiger partial charge in [0.15, 0.2) is 0 Å². The van der Waals surface area contributed by atoms with E-state index in [1.165, 1.54) is 5.56 Å². The molecule has 4 rings (SSSR count). The van der Waals surface area contributed by atoms with Crippen LogP contribution in [0.25, 0.3) is 33.3 Å². The van der Waals surface area contributed by atoms with Crippen LogP contribution in [0.2, 0.25) is 0 Å². The average Bonchev–Trinajstić information content (AvgIpc) is 2.68. The predicted octanol–water partition coefficient (Wildman–Crippen LogP) is 3.56. The zero-order valence-electron chi connectivity index (χ0n) is 14.6. The van der Waals surface area contributed by atoms with Crippen LogP contribution in [-0.4, -0.2) is 9.97 Å². The Hall–Kier alpha value is -3.24. The monoisotopic (exact) mass is 342 g/mol. The Labute approximate surface area is 151 Å². The molecule has 1 unspecified atom stereocenters. The number of H-pyrrole nitrogens is 1. The summed E-state index contributed by atoms with van der Waals surface area (Å²) in [6, 6.07) is 22.4. The highest BCUT2D eigenvalue weighted by atomic mass is 16.1. The summed E-state index contributed by atoms with van der Waals surface area (Å²) >= 11 is 0. The third kappa shape index (κ3) is 2.91. The highest BCUT2D eigenvalue weighted by Crippen LogP contribution is 2.32. The number of fused-ring (bicyclic) bond motifs is 1. The van der Waals surface area contributed by atoms with Gasteiger partial charge < -0.3 is 10.7 Å². The number of nitrogens with zero attached hydrogens (tertiary/aromatic N) is 1. The lowest BCUT2D eigenvalue weighted by atomic mass is 9.96. The first-order chi connectivity index (χ1) is 12.6. The molecule has 1 atom stereocenters. The van der Waals surface area contributed by atoms with Crippen molar-refractivity contribution in [3.05, 3.63) is 88.8 Å². The van der Waals surface area contributed by atoms with Gasteiger partial charge in [-0.25, -0.2) is 4.98 Å². The minimum absolute atomic E-state index is 0.125. The Bertz CT molecular complexity index is 1110. The van der Waals surface area contributed by atoms with Gasteiger partial charge in [-0.2, -0.15) is 0 Å². The second-order valence-corrected chi connectivity index (χ2v) is 6.51. The lowest BCUT2D eigenvalue weighted by Crippen LogP contribution is -2.51. The van der Waals surface area contributed by atoms with Gasteiger partial charge in [0, 0.05) is 22.9 Å². The maximum Gasteiger partial charge on any atom is 0.257 e. The molecule has 0 aliphatic carbocycles. The third-order valence-electron chi connectivity index (χ3n) is 4.59. The fourth-order valence-electron chi connectivity index (χ4n) is 3.14. The molecule has 0 saturated heterocycles. The van der Waals surface area contributed by atoms with Crippen molar-refractivity contribution < 1.29 is 5.73 Å². The van der Waals surface area contributed by atoms with Crippen LogP contribution in [0, 0.1) is 0 Å². The second kappa shape index (κ2) is 6.58. The van der Waals surface area contributed by atoms with E-state index in [0.29, 0.717) is 10.9 Å². The second-order valence-electron chi connectivity index (χ2n) is 6.51. The molecule has 4 N–H and O–H groups in total. The number of aromatic amines is 1. The summed E-state index contributed by atoms with van der Waals surface area (Å²) in [6.07, 6.45) is 1.64. The first kappa shape index (κ1) is 16.2. The lowest BCUT2D eigenvalue weighted by Gasteiger charge is -2.12. The molecule has 0 aliphatic heterocycles. The van der Waals surface area contributed by atoms with Gasteiger partial charge in [-0.15, -0.1) is 0 Å². The predicted molar refractivity (Wildman–Crippen MR) is 105 cm³/mol. The molecule has 0 amide bonds. The van der Waals surface area contributed by atoms with Crippen molar-refractivity contribution in [1.82, 2.24) is 9.97 Å². The molecule has 0 aliphatic rings. The summed E-state index contributed by atoms with van der Waals surface area (Å²) in [6.45, 7) is 2.07. The SMILES string of the molecule is CC([NH3+])c1ccc(-c2nc3cc[nH]c(=O)c3cc2-c2ccccc2)cc1. The van der Waals surface area contributed by atoms with E-state index in [-0.39, 0.29) is 11.6 Å². The van der Waals surface area contributed by atoms with Gasteiger partial charge in [0.25, 0.3) is 5.56 Å². The number of quaternary nitrogens is 1. The van der Waals surface area contributed by atoms with Gasteiger partial charge in [0.1, 0.15) is 6.04 Å². The highest BCUT2D eigenvalue weighted by molar-refractivity contribution is 5.91. The van der Waals surface area contributed by atoms with E-state index in [1.54, 1.807) is 6.20 Å². The van der Waals surface area contributed by atoms with Gasteiger partial charge in [-0.1, -0.05) is 54.6 Å². The number of hydrogen-bond acceptors (Lipinski definition) is 2. The van der Waals surface area contributed by atoms with Gasteiger partial charge in [0.2, 0.25) is 0 Å². The summed E-state index contributed by atoms with van der Waals surface area (Å²) in [5.41, 5.74) is 9.71. The Morgan fingerprint density at radius 3 is 2.38 bits per heavy atom. The van der Waals surface area contributed by atoms with Crippen LogP contribution >= 0.6 is 0 Å². The molecule has 0 radical (unpaired) electrons. The van der Waals surface area contributed by atoms with Gasteiger partial charge in [0.05, 0.1) is 16.6 Å². The van der Waals surface area contributed by atoms with Gasteiger partial charge in [-0.3, -0.25) is 4.79 Å². The Balaban J connectivity index is 1.99. The zero-order valence-corrected chi connectivity index (χ0v) is 14.6. The molecular formula is C22H20N3O+. The largest absolute Gasteiger partial charge is 0.352 e. The Morgan fingerprint density at radius 1 is 0.962 bits per heavy atom. The normalized spacial score (nSPS) is 12.2. The quantitative estimate of drug-likeness (QED) is 0.597. The van der Waals surface area contributed by atoms with E-state index in [2.05, 4.69) is 41.9 Å². The molecule has 128 valence electrons. The molecule has 0 spiro atoms. The molecule has 0 bridgehead atoms. The van der Waals surface area contributed by atoms with Crippen LogP contribution in [0.1, 0.15) is 18.5 Å². The van der Waals surface area contributed by atoms with Crippen LogP contribution < -0.4 is 11.3 Å². The van der Waals surface area contributed by atoms with Crippen molar-refractivity contribution >= 4 is 10.9 Å². The summed E-state index contributed by atoms with van der Waals surface area (Å²) < 4.78 is 0. The maximum atomic E-state index is 12.2. The Kier molecular flexibility index (Phi) is 4.11. The van der Waals surface area contributed by atoms with E-state index in [0.717, 1.165) is 22.4 Å². The van der Waals surface area contributed by atoms with E-state index in [1.807, 2.05) is 42.5 Å². The first-order valence-electron chi connectivity index (χ1n) is 8.65. The van der Waals surface area contributed by atoms with Crippen LogP contribution in [0.4, 0.5) is 0 Å². The Morgan fingerprint density at radius 2 is 1.69 bits per heavy atom. The lowest BCUT2D eigenvalue weighted by molar-refractivity contribution is -0.420. The zero-order chi connectivity index (χ0) is 18.1. The van der Waals surface area contributed by atoms with Crippen LogP contribution in [-0.2, 0) is 0 Å². The minimum atomic E-state index is -0.125. The standard InChI is InChI=1S/C22H19N3O/c1-14(23)15-7-9-17(10-8-15)21-18(16-5-3-2-4-6-16)13-19-20(25-21)11-12-24-22(19)26/h2-14H,23H2,1H3,(H,24,26)/p+1. The van der Waals surface area contributed by atoms with Crippen molar-refractivity contribution in [3.63, 3.8) is 0 Å². The van der Waals surface area contributed by atoms with Crippen LogP contribution in [0.3, 0.4) is 0 Å². The van der Waals surface area contributed by atoms with E-state index < -0.39 is 0 Å². The molecule has 2 aromatic carbocycles. The van der Waals surface area contributed by atoms with E-state index >= 15 is 0 Å². The van der Waals surface area contributed by atoms with Gasteiger partial charge >= 0.3 is 0 Å². The van der Waals surface area contributed by atoms with E-state index in [4.69, 9.17) is 4.98 Å². The average molecular weight is 342 g/mol. The minimum Gasteiger partial charge on any atom is -0.352 e. The molecule has 2 heterocycles. The number of hydrogen-bond donors (Lipinski definition) is 2. The van der Waals surface area contributed by atoms with Crippen molar-refractivity contribution in [1.29, 1.82) is 0 Å². The molecule has 26 heavy (non-hydrogen) atoms. The number of nitrogens with one attached hydrogen (secondary N) is 1. The summed E-state index contributed by atoms with van der Waals surface area (Å²) in [5.74, 6) is 0. The smallest absolute Gasteiger partial charge is 0.257 e. The third-order valence-corrected chi connectivity index (χ3v) is 4.59. The first-order valence-corrected chi connectivity index (χ1v) is 8.65. The van der Waals surface area contributed by atoms with Crippen molar-refractivity contribution in [2.75, 3.05) is 0 Å². The molecular weight excluding hydrogens is 322 g/mol. The molecule has 4 aromatic rings. The highest BCUT2D eigenvalue weighted by Gasteiger charge is 2.13. The number of pyridine rings is 2. The fraction of sp³-hybridized carbons (Fsp3) is 0.0909. The fourth-order valence-corrected chi connectivity index (χ4v) is 3.14. The number of rotatable bonds is 3. The molecule has 0 fully saturated rings. The molecule has 0 saturated carbocycles. The topological polar surface area (TPSA) is 73.4 Å². The van der Waals surface area contributed by atoms with Crippen LogP contribution in [0.5, 0.6) is 0 Å². The summed E-state index contributed by atoms with van der Waals surface area (Å²) in [7, 11) is 0. The van der Waals surface area contributed by atoms with Crippen molar-refractivity contribution in [3.8, 4) is 22.4 Å². The maximum absolute atomic E-state index is 12.2. The number of benzene rings is 2. The van der Waals surface area contributed by atoms with Crippen molar-refractivity contribution in [2.45, 2.75) is 13.0 Å². The van der Waals surface area contributed by atoms with Crippen LogP contribution in [0.15, 0.2) is 77.7 Å². The van der Waals surface area contributed by atoms with E-state index in [9.17, 15) is 4.79 Å². The van der Waals surface area contributed by atoms with Gasteiger partial charge in [-0.05, 0) is 24.6 Å². The van der Waals surface area contributed by atoms with Crippen molar-refractivity contribution in [2.24, 2.45) is 0 Å². The molecule has 4 nitrogen and oxygen atoms in total.